The number of aryl methyl sites for hydroxylation is 1. The second-order valence-corrected chi connectivity index (χ2v) is 5.23. The number of aromatic nitrogens is 2. The average Bonchev–Trinajstić information content (AvgIpc) is 2.34. The number of benzene rings is 1. The predicted octanol–water partition coefficient (Wildman–Crippen LogP) is 3.49. The van der Waals surface area contributed by atoms with Gasteiger partial charge in [0.2, 0.25) is 0 Å². The van der Waals surface area contributed by atoms with Gasteiger partial charge in [-0.2, -0.15) is 0 Å². The number of nitrogens with zero attached hydrogens (tertiary/aromatic N) is 2. The van der Waals surface area contributed by atoms with Crippen LogP contribution in [0.15, 0.2) is 34.9 Å². The van der Waals surface area contributed by atoms with Crippen molar-refractivity contribution in [2.75, 3.05) is 0 Å². The molecule has 0 unspecified atom stereocenters. The lowest BCUT2D eigenvalue weighted by Gasteiger charge is -2.07. The lowest BCUT2D eigenvalue weighted by atomic mass is 10.2. The first-order chi connectivity index (χ1) is 8.65. The van der Waals surface area contributed by atoms with Crippen LogP contribution in [0.5, 0.6) is 0 Å². The van der Waals surface area contributed by atoms with Crippen molar-refractivity contribution in [1.82, 2.24) is 15.3 Å². The van der Waals surface area contributed by atoms with E-state index in [1.54, 1.807) is 6.20 Å². The summed E-state index contributed by atoms with van der Waals surface area (Å²) >= 11 is 9.47. The van der Waals surface area contributed by atoms with E-state index in [-0.39, 0.29) is 0 Å². The summed E-state index contributed by atoms with van der Waals surface area (Å²) in [7, 11) is 0. The molecule has 1 N–H and O–H groups in total. The number of hydrogen-bond acceptors (Lipinski definition) is 3. The number of hydrogen-bond donors (Lipinski definition) is 1. The molecule has 2 rings (SSSR count). The summed E-state index contributed by atoms with van der Waals surface area (Å²) in [5.41, 5.74) is 2.12. The van der Waals surface area contributed by atoms with E-state index >= 15 is 0 Å². The fraction of sp³-hybridized carbons (Fsp3) is 0.231. The second kappa shape index (κ2) is 6.27. The van der Waals surface area contributed by atoms with Crippen molar-refractivity contribution >= 4 is 27.5 Å². The Morgan fingerprint density at radius 2 is 2.11 bits per heavy atom. The molecule has 0 aliphatic carbocycles. The third kappa shape index (κ3) is 3.77. The molecule has 0 aliphatic heterocycles. The molecule has 0 saturated carbocycles. The molecule has 1 aromatic carbocycles. The number of halogens is 2. The fourth-order valence-electron chi connectivity index (χ4n) is 1.61. The fourth-order valence-corrected chi connectivity index (χ4v) is 2.19. The summed E-state index contributed by atoms with van der Waals surface area (Å²) in [5, 5.41) is 4.08. The van der Waals surface area contributed by atoms with Gasteiger partial charge in [-0.3, -0.25) is 0 Å². The average molecular weight is 327 g/mol. The topological polar surface area (TPSA) is 37.8 Å². The van der Waals surface area contributed by atoms with Crippen molar-refractivity contribution in [1.29, 1.82) is 0 Å². The Morgan fingerprint density at radius 1 is 1.28 bits per heavy atom. The van der Waals surface area contributed by atoms with Gasteiger partial charge in [0.1, 0.15) is 5.82 Å². The highest BCUT2D eigenvalue weighted by atomic mass is 79.9. The minimum Gasteiger partial charge on any atom is -0.307 e. The van der Waals surface area contributed by atoms with Gasteiger partial charge in [0, 0.05) is 28.8 Å². The molecular formula is C13H13BrClN3. The van der Waals surface area contributed by atoms with E-state index in [4.69, 9.17) is 11.6 Å². The van der Waals surface area contributed by atoms with Gasteiger partial charge < -0.3 is 5.32 Å². The van der Waals surface area contributed by atoms with Crippen LogP contribution in [0.2, 0.25) is 5.02 Å². The Kier molecular flexibility index (Phi) is 4.69. The molecule has 18 heavy (non-hydrogen) atoms. The lowest BCUT2D eigenvalue weighted by Crippen LogP contribution is -2.14. The molecule has 0 spiro atoms. The molecule has 0 amide bonds. The minimum atomic E-state index is 0.711. The highest BCUT2D eigenvalue weighted by molar-refractivity contribution is 9.10. The molecule has 1 aromatic heterocycles. The minimum absolute atomic E-state index is 0.711. The molecule has 0 fully saturated rings. The normalized spacial score (nSPS) is 10.6. The van der Waals surface area contributed by atoms with Crippen molar-refractivity contribution in [2.45, 2.75) is 20.0 Å². The second-order valence-electron chi connectivity index (χ2n) is 3.93. The zero-order valence-corrected chi connectivity index (χ0v) is 12.3. The third-order valence-electron chi connectivity index (χ3n) is 2.46. The van der Waals surface area contributed by atoms with Gasteiger partial charge in [-0.1, -0.05) is 27.5 Å². The van der Waals surface area contributed by atoms with E-state index in [1.807, 2.05) is 31.2 Å². The Morgan fingerprint density at radius 3 is 2.89 bits per heavy atom. The standard InChI is InChI=1S/C13H13BrClN3/c1-9-17-5-4-12(18-9)8-16-7-10-6-11(15)2-3-13(10)14/h2-6,16H,7-8H2,1H3. The molecule has 0 bridgehead atoms. The van der Waals surface area contributed by atoms with Gasteiger partial charge in [0.25, 0.3) is 0 Å². The molecule has 5 heteroatoms. The van der Waals surface area contributed by atoms with Gasteiger partial charge in [-0.25, -0.2) is 9.97 Å². The Labute approximate surface area is 120 Å². The van der Waals surface area contributed by atoms with Gasteiger partial charge in [0.15, 0.2) is 0 Å². The van der Waals surface area contributed by atoms with Crippen LogP contribution in [0.4, 0.5) is 0 Å². The van der Waals surface area contributed by atoms with Crippen LogP contribution >= 0.6 is 27.5 Å². The van der Waals surface area contributed by atoms with Crippen molar-refractivity contribution in [3.8, 4) is 0 Å². The first kappa shape index (κ1) is 13.5. The van der Waals surface area contributed by atoms with Gasteiger partial charge >= 0.3 is 0 Å². The largest absolute Gasteiger partial charge is 0.307 e. The predicted molar refractivity (Wildman–Crippen MR) is 76.5 cm³/mol. The van der Waals surface area contributed by atoms with Crippen molar-refractivity contribution in [2.24, 2.45) is 0 Å². The van der Waals surface area contributed by atoms with Gasteiger partial charge in [-0.15, -0.1) is 0 Å². The number of rotatable bonds is 4. The Bertz CT molecular complexity index is 546. The van der Waals surface area contributed by atoms with Crippen LogP contribution in [0.3, 0.4) is 0 Å². The van der Waals surface area contributed by atoms with Crippen molar-refractivity contribution < 1.29 is 0 Å². The Hall–Kier alpha value is -0.970. The van der Waals surface area contributed by atoms with Crippen LogP contribution in [0.1, 0.15) is 17.1 Å². The maximum absolute atomic E-state index is 5.96. The maximum Gasteiger partial charge on any atom is 0.125 e. The third-order valence-corrected chi connectivity index (χ3v) is 3.47. The summed E-state index contributed by atoms with van der Waals surface area (Å²) in [5.74, 6) is 0.790. The summed E-state index contributed by atoms with van der Waals surface area (Å²) in [6.45, 7) is 3.34. The molecule has 94 valence electrons. The zero-order chi connectivity index (χ0) is 13.0. The van der Waals surface area contributed by atoms with E-state index in [2.05, 4.69) is 31.2 Å². The number of nitrogens with one attached hydrogen (secondary N) is 1. The first-order valence-electron chi connectivity index (χ1n) is 5.58. The quantitative estimate of drug-likeness (QED) is 0.934. The molecule has 0 saturated heterocycles. The van der Waals surface area contributed by atoms with Crippen LogP contribution < -0.4 is 5.32 Å². The molecule has 2 aromatic rings. The summed E-state index contributed by atoms with van der Waals surface area (Å²) in [6, 6.07) is 7.67. The van der Waals surface area contributed by atoms with Crippen molar-refractivity contribution in [3.05, 3.63) is 57.0 Å². The summed E-state index contributed by atoms with van der Waals surface area (Å²) < 4.78 is 1.05. The van der Waals surface area contributed by atoms with E-state index in [1.165, 1.54) is 0 Å². The first-order valence-corrected chi connectivity index (χ1v) is 6.75. The molecule has 0 radical (unpaired) electrons. The van der Waals surface area contributed by atoms with E-state index < -0.39 is 0 Å². The molecular weight excluding hydrogens is 314 g/mol. The maximum atomic E-state index is 5.96. The molecule has 0 aliphatic rings. The highest BCUT2D eigenvalue weighted by Gasteiger charge is 2.01. The smallest absolute Gasteiger partial charge is 0.125 e. The van der Waals surface area contributed by atoms with Crippen molar-refractivity contribution in [3.63, 3.8) is 0 Å². The molecule has 1 heterocycles. The molecule has 0 atom stereocenters. The summed E-state index contributed by atoms with van der Waals surface area (Å²) in [6.07, 6.45) is 1.77. The lowest BCUT2D eigenvalue weighted by molar-refractivity contribution is 0.673. The monoisotopic (exact) mass is 325 g/mol. The van der Waals surface area contributed by atoms with E-state index in [0.717, 1.165) is 33.1 Å². The molecule has 3 nitrogen and oxygen atoms in total. The van der Waals surface area contributed by atoms with E-state index in [0.29, 0.717) is 6.54 Å². The van der Waals surface area contributed by atoms with Gasteiger partial charge in [-0.05, 0) is 36.8 Å². The highest BCUT2D eigenvalue weighted by Crippen LogP contribution is 2.20. The Balaban J connectivity index is 1.94. The zero-order valence-electron chi connectivity index (χ0n) is 9.95. The summed E-state index contributed by atoms with van der Waals surface area (Å²) in [4.78, 5) is 8.40. The SMILES string of the molecule is Cc1nccc(CNCc2cc(Cl)ccc2Br)n1. The van der Waals surface area contributed by atoms with E-state index in [9.17, 15) is 0 Å². The van der Waals surface area contributed by atoms with Crippen LogP contribution in [-0.4, -0.2) is 9.97 Å². The van der Waals surface area contributed by atoms with Crippen LogP contribution in [-0.2, 0) is 13.1 Å². The van der Waals surface area contributed by atoms with Crippen LogP contribution in [0.25, 0.3) is 0 Å². The van der Waals surface area contributed by atoms with Crippen LogP contribution in [0, 0.1) is 6.92 Å². The van der Waals surface area contributed by atoms with Gasteiger partial charge in [0.05, 0.1) is 5.69 Å².